The number of aromatic nitrogens is 6. The van der Waals surface area contributed by atoms with Crippen molar-refractivity contribution in [3.63, 3.8) is 0 Å². The third-order valence-electron chi connectivity index (χ3n) is 7.90. The summed E-state index contributed by atoms with van der Waals surface area (Å²) < 4.78 is 1.37. The number of nitrogens with two attached hydrogens (primary N) is 4. The van der Waals surface area contributed by atoms with Crippen molar-refractivity contribution in [2.75, 3.05) is 30.5 Å². The largest absolute Gasteiger partial charge is 0.412 e. The quantitative estimate of drug-likeness (QED) is 0.0515. The first-order valence-electron chi connectivity index (χ1n) is 18.8. The highest BCUT2D eigenvalue weighted by atomic mass is 16.2. The minimum atomic E-state index is -0.421. The fraction of sp³-hybridized carbons (Fsp3) is 0.524. The predicted molar refractivity (Wildman–Crippen MR) is 239 cm³/mol. The van der Waals surface area contributed by atoms with Gasteiger partial charge in [0.1, 0.15) is 29.6 Å². The summed E-state index contributed by atoms with van der Waals surface area (Å²) in [4.78, 5) is 34.7. The second-order valence-corrected chi connectivity index (χ2v) is 14.7. The number of anilines is 3. The zero-order valence-corrected chi connectivity index (χ0v) is 36.4. The molecule has 17 heteroatoms. The number of para-hydroxylation sites is 1. The topological polar surface area (TPSA) is 313 Å². The van der Waals surface area contributed by atoms with Crippen LogP contribution in [0.25, 0.3) is 0 Å². The van der Waals surface area contributed by atoms with Crippen molar-refractivity contribution < 1.29 is 19.9 Å². The summed E-state index contributed by atoms with van der Waals surface area (Å²) >= 11 is 0. The fourth-order valence-electron chi connectivity index (χ4n) is 4.53. The molecule has 0 amide bonds. The molecule has 0 spiro atoms. The lowest BCUT2D eigenvalue weighted by Crippen LogP contribution is -2.27. The first kappa shape index (κ1) is 59.8. The van der Waals surface area contributed by atoms with E-state index in [1.54, 1.807) is 18.6 Å². The Morgan fingerprint density at radius 3 is 1.49 bits per heavy atom. The van der Waals surface area contributed by atoms with Gasteiger partial charge in [-0.05, 0) is 47.3 Å². The Morgan fingerprint density at radius 1 is 0.797 bits per heavy atom. The molecule has 59 heavy (non-hydrogen) atoms. The SMILES string of the molecule is C.CC(C)C(C#N)C=O.CC(C)CC#N.CC(C)c1cn[nH]c1N.CC(C)c1cn[nH]c1N.CC(C)c1cnn2c1CC(=O)CC2=O.CN(C)c1ccccc1.NN.O. The maximum atomic E-state index is 11.4. The molecule has 4 heterocycles. The molecule has 0 fully saturated rings. The lowest BCUT2D eigenvalue weighted by atomic mass is 9.98. The summed E-state index contributed by atoms with van der Waals surface area (Å²) in [6.45, 7) is 20.2. The average molecular weight is 824 g/mol. The number of nitrogen functional groups attached to an aromatic ring is 2. The van der Waals surface area contributed by atoms with Crippen LogP contribution < -0.4 is 28.1 Å². The number of nitrogens with one attached hydrogen (secondary N) is 2. The van der Waals surface area contributed by atoms with Crippen LogP contribution in [0.15, 0.2) is 48.9 Å². The number of rotatable bonds is 7. The van der Waals surface area contributed by atoms with E-state index in [-0.39, 0.29) is 36.9 Å². The van der Waals surface area contributed by atoms with Crippen LogP contribution in [0.3, 0.4) is 0 Å². The number of hydrogen-bond donors (Lipinski definition) is 6. The van der Waals surface area contributed by atoms with E-state index in [0.29, 0.717) is 54.4 Å². The number of hydrogen-bond acceptors (Lipinski definition) is 13. The van der Waals surface area contributed by atoms with Gasteiger partial charge in [0.25, 0.3) is 5.91 Å². The summed E-state index contributed by atoms with van der Waals surface area (Å²) in [5.74, 6) is 10.6. The number of benzene rings is 1. The first-order valence-corrected chi connectivity index (χ1v) is 18.8. The molecule has 1 aliphatic heterocycles. The highest BCUT2D eigenvalue weighted by Gasteiger charge is 2.26. The number of ketones is 1. The Morgan fingerprint density at radius 2 is 1.25 bits per heavy atom. The molecule has 17 nitrogen and oxygen atoms in total. The van der Waals surface area contributed by atoms with E-state index >= 15 is 0 Å². The van der Waals surface area contributed by atoms with Gasteiger partial charge in [-0.3, -0.25) is 31.5 Å². The third-order valence-corrected chi connectivity index (χ3v) is 7.90. The first-order chi connectivity index (χ1) is 26.8. The van der Waals surface area contributed by atoms with Crippen LogP contribution >= 0.6 is 0 Å². The van der Waals surface area contributed by atoms with Crippen molar-refractivity contribution in [1.82, 2.24) is 30.2 Å². The molecule has 0 saturated carbocycles. The Hall–Kier alpha value is -5.88. The summed E-state index contributed by atoms with van der Waals surface area (Å²) in [5.41, 5.74) is 16.3. The molecule has 1 unspecified atom stereocenters. The zero-order valence-electron chi connectivity index (χ0n) is 36.4. The Bertz CT molecular complexity index is 1730. The van der Waals surface area contributed by atoms with Crippen molar-refractivity contribution in [3.8, 4) is 12.1 Å². The van der Waals surface area contributed by atoms with Gasteiger partial charge < -0.3 is 26.6 Å². The van der Waals surface area contributed by atoms with E-state index in [4.69, 9.17) is 22.0 Å². The Balaban J connectivity index is -0.000000309. The summed E-state index contributed by atoms with van der Waals surface area (Å²) in [6.07, 6.45) is 6.92. The number of fused-ring (bicyclic) bond motifs is 1. The van der Waals surface area contributed by atoms with Gasteiger partial charge in [0.2, 0.25) is 0 Å². The number of H-pyrrole nitrogens is 2. The van der Waals surface area contributed by atoms with Gasteiger partial charge in [-0.25, -0.2) is 4.68 Å². The number of hydrazine groups is 1. The second kappa shape index (κ2) is 33.1. The van der Waals surface area contributed by atoms with Crippen LogP contribution in [0.4, 0.5) is 17.3 Å². The van der Waals surface area contributed by atoms with Gasteiger partial charge in [0.15, 0.2) is 0 Å². The Labute approximate surface area is 352 Å². The second-order valence-electron chi connectivity index (χ2n) is 14.7. The monoisotopic (exact) mass is 824 g/mol. The van der Waals surface area contributed by atoms with Crippen LogP contribution in [0.1, 0.15) is 134 Å². The molecule has 0 saturated heterocycles. The van der Waals surface area contributed by atoms with E-state index in [9.17, 15) is 14.4 Å². The van der Waals surface area contributed by atoms with Crippen molar-refractivity contribution >= 4 is 35.3 Å². The zero-order chi connectivity index (χ0) is 44.2. The number of aldehydes is 1. The number of nitrogens with zero attached hydrogens (tertiary/aromatic N) is 7. The summed E-state index contributed by atoms with van der Waals surface area (Å²) in [6, 6.07) is 14.2. The van der Waals surface area contributed by atoms with Gasteiger partial charge in [0.05, 0.1) is 42.8 Å². The van der Waals surface area contributed by atoms with Crippen LogP contribution in [-0.2, 0) is 16.0 Å². The van der Waals surface area contributed by atoms with Crippen LogP contribution in [0, 0.1) is 40.4 Å². The van der Waals surface area contributed by atoms with Crippen molar-refractivity contribution in [2.24, 2.45) is 29.4 Å². The normalized spacial score (nSPS) is 11.1. The van der Waals surface area contributed by atoms with Gasteiger partial charge in [-0.1, -0.05) is 94.9 Å². The maximum Gasteiger partial charge on any atom is 0.254 e. The molecule has 12 N–H and O–H groups in total. The Kier molecular flexibility index (Phi) is 33.6. The van der Waals surface area contributed by atoms with Crippen LogP contribution in [-0.4, -0.2) is 67.7 Å². The molecule has 0 radical (unpaired) electrons. The average Bonchev–Trinajstić information content (AvgIpc) is 3.91. The summed E-state index contributed by atoms with van der Waals surface area (Å²) in [5, 5.41) is 33.2. The van der Waals surface area contributed by atoms with Crippen molar-refractivity contribution in [1.29, 1.82) is 10.5 Å². The van der Waals surface area contributed by atoms with E-state index in [1.165, 1.54) is 10.4 Å². The smallest absolute Gasteiger partial charge is 0.254 e. The lowest BCUT2D eigenvalue weighted by Gasteiger charge is -2.13. The number of aromatic amines is 2. The van der Waals surface area contributed by atoms with E-state index in [1.807, 2.05) is 79.9 Å². The van der Waals surface area contributed by atoms with Gasteiger partial charge >= 0.3 is 0 Å². The molecule has 0 bridgehead atoms. The molecular formula is C42H73N13O4. The molecular weight excluding hydrogens is 751 g/mol. The standard InChI is InChI=1S/C10H12N2O2.C8H11N.2C6H11N3.C6H9NO.C5H9N.CH4.H4N2.H2O/c1-6(2)8-5-11-12-9(8)3-7(13)4-10(12)14;1-9(2)8-6-4-3-5-7-8;2*1-4(2)5-3-8-9-6(5)7;1-5(2)6(3-7)4-8;1-5(2)3-4-6;;1-2;/h5-6H,3-4H2,1-2H3;3-7H,1-2H3;2*3-4H,1-2H3,(H3,7,8,9);4-6H,1-2H3;5H,3H2,1-2H3;1H4;1-2H2;1H2. The molecule has 4 aromatic rings. The number of carbonyl (C=O) groups excluding carboxylic acids is 3. The van der Waals surface area contributed by atoms with Crippen molar-refractivity contribution in [3.05, 3.63) is 71.3 Å². The molecule has 5 rings (SSSR count). The fourth-order valence-corrected chi connectivity index (χ4v) is 4.53. The number of nitriles is 2. The molecule has 1 atom stereocenters. The van der Waals surface area contributed by atoms with Crippen LogP contribution in [0.2, 0.25) is 0 Å². The van der Waals surface area contributed by atoms with E-state index in [2.05, 4.69) is 88.0 Å². The summed E-state index contributed by atoms with van der Waals surface area (Å²) in [7, 11) is 4.07. The highest BCUT2D eigenvalue weighted by molar-refractivity contribution is 6.02. The number of carbonyl (C=O) groups is 3. The molecule has 3 aromatic heterocycles. The van der Waals surface area contributed by atoms with E-state index in [0.717, 1.165) is 22.4 Å². The minimum absolute atomic E-state index is 0. The maximum absolute atomic E-state index is 11.4. The molecule has 1 aromatic carbocycles. The van der Waals surface area contributed by atoms with Gasteiger partial charge in [-0.2, -0.15) is 25.8 Å². The van der Waals surface area contributed by atoms with Gasteiger partial charge in [-0.15, -0.1) is 0 Å². The molecule has 0 aliphatic carbocycles. The van der Waals surface area contributed by atoms with Gasteiger partial charge in [0, 0.05) is 43.8 Å². The third kappa shape index (κ3) is 23.8. The molecule has 1 aliphatic rings. The van der Waals surface area contributed by atoms with Crippen LogP contribution in [0.5, 0.6) is 0 Å². The highest BCUT2D eigenvalue weighted by Crippen LogP contribution is 2.23. The number of Topliss-reactive ketones (excluding diaryl/α,β-unsaturated/α-hetero) is 1. The van der Waals surface area contributed by atoms with Crippen molar-refractivity contribution in [2.45, 2.75) is 114 Å². The minimum Gasteiger partial charge on any atom is -0.412 e. The lowest BCUT2D eigenvalue weighted by molar-refractivity contribution is -0.118. The molecule has 330 valence electrons. The van der Waals surface area contributed by atoms with E-state index < -0.39 is 5.92 Å². The predicted octanol–water partition coefficient (Wildman–Crippen LogP) is 6.31.